The Morgan fingerprint density at radius 1 is 0.892 bits per heavy atom. The number of carbonyl (C=O) groups is 3. The van der Waals surface area contributed by atoms with E-state index in [1.807, 2.05) is 0 Å². The molecule has 3 N–H and O–H groups in total. The fraction of sp³-hybridized carbons (Fsp3) is 0.154. The van der Waals surface area contributed by atoms with Gasteiger partial charge in [0.05, 0.1) is 20.4 Å². The number of hydrazone groups is 1. The summed E-state index contributed by atoms with van der Waals surface area (Å²) in [4.78, 5) is 36.0. The van der Waals surface area contributed by atoms with Crippen LogP contribution in [0.15, 0.2) is 71.8 Å². The molecular formula is C26H25FN4O6. The molecule has 0 aromatic heterocycles. The maximum atomic E-state index is 13.0. The van der Waals surface area contributed by atoms with Gasteiger partial charge in [-0.1, -0.05) is 12.1 Å². The minimum atomic E-state index is -0.927. The lowest BCUT2D eigenvalue weighted by Crippen LogP contribution is -2.37. The molecule has 0 unspecified atom stereocenters. The van der Waals surface area contributed by atoms with E-state index in [-0.39, 0.29) is 13.2 Å². The zero-order chi connectivity index (χ0) is 26.6. The van der Waals surface area contributed by atoms with Crippen molar-refractivity contribution in [3.8, 4) is 17.2 Å². The molecule has 0 aliphatic heterocycles. The van der Waals surface area contributed by atoms with Crippen molar-refractivity contribution in [2.75, 3.05) is 26.1 Å². The highest BCUT2D eigenvalue weighted by molar-refractivity contribution is 6.35. The second-order valence-electron chi connectivity index (χ2n) is 7.48. The van der Waals surface area contributed by atoms with Crippen LogP contribution >= 0.6 is 0 Å². The summed E-state index contributed by atoms with van der Waals surface area (Å²) < 4.78 is 28.8. The number of benzene rings is 3. The van der Waals surface area contributed by atoms with Crippen LogP contribution in [0.4, 0.5) is 10.1 Å². The van der Waals surface area contributed by atoms with Crippen molar-refractivity contribution >= 4 is 29.6 Å². The van der Waals surface area contributed by atoms with Crippen LogP contribution in [-0.4, -0.2) is 44.8 Å². The van der Waals surface area contributed by atoms with Crippen molar-refractivity contribution in [3.05, 3.63) is 83.7 Å². The number of hydrogen-bond acceptors (Lipinski definition) is 7. The lowest BCUT2D eigenvalue weighted by Gasteiger charge is -2.11. The molecule has 0 saturated carbocycles. The molecule has 3 amide bonds. The molecule has 3 aromatic carbocycles. The molecule has 0 fully saturated rings. The molecule has 0 atom stereocenters. The summed E-state index contributed by atoms with van der Waals surface area (Å²) in [6.07, 6.45) is 1.32. The van der Waals surface area contributed by atoms with Crippen LogP contribution in [0.1, 0.15) is 11.1 Å². The number of hydrogen-bond donors (Lipinski definition) is 3. The Labute approximate surface area is 212 Å². The SMILES string of the molecule is COc1ccc(CNC(=O)C(=O)N/N=C\c2ccc(OCC(=O)Nc3ccc(F)cc3)c(OC)c2)cc1. The van der Waals surface area contributed by atoms with Crippen molar-refractivity contribution in [3.63, 3.8) is 0 Å². The van der Waals surface area contributed by atoms with Crippen LogP contribution in [-0.2, 0) is 20.9 Å². The number of nitrogens with zero attached hydrogens (tertiary/aromatic N) is 1. The van der Waals surface area contributed by atoms with Crippen LogP contribution in [0, 0.1) is 5.82 Å². The van der Waals surface area contributed by atoms with Gasteiger partial charge in [-0.3, -0.25) is 14.4 Å². The summed E-state index contributed by atoms with van der Waals surface area (Å²) >= 11 is 0. The van der Waals surface area contributed by atoms with Gasteiger partial charge in [0.2, 0.25) is 0 Å². The maximum absolute atomic E-state index is 13.0. The van der Waals surface area contributed by atoms with Gasteiger partial charge >= 0.3 is 11.8 Å². The zero-order valence-electron chi connectivity index (χ0n) is 20.1. The Morgan fingerprint density at radius 2 is 1.62 bits per heavy atom. The third-order valence-electron chi connectivity index (χ3n) is 4.87. The van der Waals surface area contributed by atoms with E-state index in [9.17, 15) is 18.8 Å². The summed E-state index contributed by atoms with van der Waals surface area (Å²) in [5, 5.41) is 8.87. The van der Waals surface area contributed by atoms with Crippen LogP contribution < -0.4 is 30.3 Å². The summed E-state index contributed by atoms with van der Waals surface area (Å²) in [7, 11) is 2.98. The van der Waals surface area contributed by atoms with Crippen LogP contribution in [0.2, 0.25) is 0 Å². The van der Waals surface area contributed by atoms with E-state index >= 15 is 0 Å². The molecule has 11 heteroatoms. The summed E-state index contributed by atoms with van der Waals surface area (Å²) in [5.74, 6) is -1.30. The van der Waals surface area contributed by atoms with Gasteiger partial charge in [0.15, 0.2) is 18.1 Å². The van der Waals surface area contributed by atoms with Crippen molar-refractivity contribution in [1.82, 2.24) is 10.7 Å². The molecule has 3 rings (SSSR count). The van der Waals surface area contributed by atoms with Crippen LogP contribution in [0.25, 0.3) is 0 Å². The van der Waals surface area contributed by atoms with Gasteiger partial charge < -0.3 is 24.8 Å². The Morgan fingerprint density at radius 3 is 2.30 bits per heavy atom. The Bertz CT molecular complexity index is 1260. The second-order valence-corrected chi connectivity index (χ2v) is 7.48. The number of carbonyl (C=O) groups excluding carboxylic acids is 3. The predicted octanol–water partition coefficient (Wildman–Crippen LogP) is 2.63. The van der Waals surface area contributed by atoms with Crippen molar-refractivity contribution in [1.29, 1.82) is 0 Å². The van der Waals surface area contributed by atoms with Gasteiger partial charge in [0, 0.05) is 12.2 Å². The molecule has 0 aliphatic carbocycles. The average molecular weight is 509 g/mol. The molecule has 0 bridgehead atoms. The normalized spacial score (nSPS) is 10.5. The number of methoxy groups -OCH3 is 2. The third-order valence-corrected chi connectivity index (χ3v) is 4.87. The standard InChI is InChI=1S/C26H25FN4O6/c1-35-21-10-3-17(4-11-21)14-28-25(33)26(34)31-29-15-18-5-12-22(23(13-18)36-2)37-16-24(32)30-20-8-6-19(27)7-9-20/h3-13,15H,14,16H2,1-2H3,(H,28,33)(H,30,32)(H,31,34)/b29-15-. The van der Waals surface area contributed by atoms with Gasteiger partial charge in [0.25, 0.3) is 5.91 Å². The lowest BCUT2D eigenvalue weighted by atomic mass is 10.2. The number of nitrogens with one attached hydrogen (secondary N) is 3. The fourth-order valence-corrected chi connectivity index (χ4v) is 2.98. The smallest absolute Gasteiger partial charge is 0.329 e. The number of halogens is 1. The summed E-state index contributed by atoms with van der Waals surface area (Å²) in [5.41, 5.74) is 3.93. The molecule has 3 aromatic rings. The van der Waals surface area contributed by atoms with Crippen molar-refractivity contribution < 1.29 is 33.0 Å². The van der Waals surface area contributed by atoms with Gasteiger partial charge in [-0.05, 0) is 65.7 Å². The maximum Gasteiger partial charge on any atom is 0.329 e. The molecule has 0 radical (unpaired) electrons. The molecule has 37 heavy (non-hydrogen) atoms. The van der Waals surface area contributed by atoms with E-state index in [4.69, 9.17) is 14.2 Å². The first-order valence-electron chi connectivity index (χ1n) is 11.0. The molecular weight excluding hydrogens is 483 g/mol. The predicted molar refractivity (Wildman–Crippen MR) is 134 cm³/mol. The minimum absolute atomic E-state index is 0.167. The average Bonchev–Trinajstić information content (AvgIpc) is 2.92. The number of ether oxygens (including phenoxy) is 3. The first-order chi connectivity index (χ1) is 17.9. The molecule has 10 nitrogen and oxygen atoms in total. The van der Waals surface area contributed by atoms with Gasteiger partial charge in [-0.2, -0.15) is 5.10 Å². The largest absolute Gasteiger partial charge is 0.497 e. The summed E-state index contributed by atoms with van der Waals surface area (Å²) in [6.45, 7) is -0.136. The van der Waals surface area contributed by atoms with Gasteiger partial charge in [-0.25, -0.2) is 9.82 Å². The highest BCUT2D eigenvalue weighted by Crippen LogP contribution is 2.27. The monoisotopic (exact) mass is 508 g/mol. The van der Waals surface area contributed by atoms with E-state index in [0.29, 0.717) is 28.5 Å². The fourth-order valence-electron chi connectivity index (χ4n) is 2.98. The molecule has 0 aliphatic rings. The van der Waals surface area contributed by atoms with E-state index in [0.717, 1.165) is 5.56 Å². The van der Waals surface area contributed by atoms with Crippen molar-refractivity contribution in [2.24, 2.45) is 5.10 Å². The molecule has 0 saturated heterocycles. The van der Waals surface area contributed by atoms with Crippen LogP contribution in [0.5, 0.6) is 17.2 Å². The molecule has 192 valence electrons. The van der Waals surface area contributed by atoms with E-state index in [1.165, 1.54) is 37.6 Å². The van der Waals surface area contributed by atoms with Gasteiger partial charge in [0.1, 0.15) is 11.6 Å². The lowest BCUT2D eigenvalue weighted by molar-refractivity contribution is -0.139. The first-order valence-corrected chi connectivity index (χ1v) is 11.0. The summed E-state index contributed by atoms with van der Waals surface area (Å²) in [6, 6.07) is 17.1. The van der Waals surface area contributed by atoms with Gasteiger partial charge in [-0.15, -0.1) is 0 Å². The number of rotatable bonds is 10. The highest BCUT2D eigenvalue weighted by atomic mass is 19.1. The topological polar surface area (TPSA) is 127 Å². The Balaban J connectivity index is 1.47. The minimum Gasteiger partial charge on any atom is -0.497 e. The molecule has 0 spiro atoms. The van der Waals surface area contributed by atoms with Crippen LogP contribution in [0.3, 0.4) is 0 Å². The molecule has 0 heterocycles. The number of amides is 3. The highest BCUT2D eigenvalue weighted by Gasteiger charge is 2.12. The van der Waals surface area contributed by atoms with Crippen molar-refractivity contribution in [2.45, 2.75) is 6.54 Å². The van der Waals surface area contributed by atoms with E-state index in [1.54, 1.807) is 49.6 Å². The van der Waals surface area contributed by atoms with E-state index in [2.05, 4.69) is 21.2 Å². The Hall–Kier alpha value is -4.93. The quantitative estimate of drug-likeness (QED) is 0.220. The van der Waals surface area contributed by atoms with E-state index < -0.39 is 23.5 Å². The second kappa shape index (κ2) is 13.2. The first kappa shape index (κ1) is 26.7. The Kier molecular flexibility index (Phi) is 9.54. The third kappa shape index (κ3) is 8.35. The zero-order valence-corrected chi connectivity index (χ0v) is 20.1. The number of anilines is 1.